The first-order chi connectivity index (χ1) is 13.5. The molecule has 3 rings (SSSR count). The van der Waals surface area contributed by atoms with Gasteiger partial charge in [0.05, 0.1) is 17.8 Å². The van der Waals surface area contributed by atoms with Crippen molar-refractivity contribution in [2.24, 2.45) is 0 Å². The molecular weight excluding hydrogens is 380 g/mol. The van der Waals surface area contributed by atoms with Crippen molar-refractivity contribution in [3.05, 3.63) is 59.1 Å². The first-order valence-electron chi connectivity index (χ1n) is 9.12. The van der Waals surface area contributed by atoms with Crippen LogP contribution in [-0.4, -0.2) is 30.2 Å². The zero-order valence-corrected chi connectivity index (χ0v) is 15.9. The highest BCUT2D eigenvalue weighted by Crippen LogP contribution is 2.32. The number of anilines is 1. The van der Waals surface area contributed by atoms with Crippen molar-refractivity contribution in [1.29, 1.82) is 0 Å². The molecule has 1 saturated carbocycles. The molecule has 0 bridgehead atoms. The lowest BCUT2D eigenvalue weighted by atomic mass is 9.96. The number of rotatable bonds is 7. The van der Waals surface area contributed by atoms with Crippen LogP contribution in [-0.2, 0) is 20.8 Å². The van der Waals surface area contributed by atoms with Crippen LogP contribution in [0.25, 0.3) is 0 Å². The lowest BCUT2D eigenvalue weighted by Gasteiger charge is -2.27. The van der Waals surface area contributed by atoms with Crippen molar-refractivity contribution < 1.29 is 19.1 Å². The quantitative estimate of drug-likeness (QED) is 0.552. The summed E-state index contributed by atoms with van der Waals surface area (Å²) in [6.07, 6.45) is 4.04. The number of aldehydes is 1. The largest absolute Gasteiger partial charge is 0.488 e. The summed E-state index contributed by atoms with van der Waals surface area (Å²) in [5.74, 6) is -1.32. The third-order valence-corrected chi connectivity index (χ3v) is 4.76. The second kappa shape index (κ2) is 9.37. The van der Waals surface area contributed by atoms with Gasteiger partial charge in [-0.3, -0.25) is 9.59 Å². The highest BCUT2D eigenvalue weighted by Gasteiger charge is 2.23. The van der Waals surface area contributed by atoms with Crippen molar-refractivity contribution in [3.8, 4) is 5.75 Å². The Morgan fingerprint density at radius 1 is 1.14 bits per heavy atom. The minimum absolute atomic E-state index is 0.107. The van der Waals surface area contributed by atoms with Gasteiger partial charge in [0.15, 0.2) is 0 Å². The first-order valence-corrected chi connectivity index (χ1v) is 9.50. The van der Waals surface area contributed by atoms with Crippen molar-refractivity contribution in [2.45, 2.75) is 37.8 Å². The minimum atomic E-state index is -0.900. The van der Waals surface area contributed by atoms with Crippen LogP contribution in [0.3, 0.4) is 0 Å². The van der Waals surface area contributed by atoms with Gasteiger partial charge in [0.2, 0.25) is 0 Å². The molecule has 1 aliphatic carbocycles. The van der Waals surface area contributed by atoms with Crippen LogP contribution in [0, 0.1) is 0 Å². The molecule has 0 saturated heterocycles. The summed E-state index contributed by atoms with van der Waals surface area (Å²) < 4.78 is 5.84. The Bertz CT molecular complexity index is 853. The van der Waals surface area contributed by atoms with Gasteiger partial charge in [-0.15, -0.1) is 0 Å². The van der Waals surface area contributed by atoms with Gasteiger partial charge in [-0.1, -0.05) is 41.9 Å². The number of carbonyl (C=O) groups excluding carboxylic acids is 3. The maximum Gasteiger partial charge on any atom is 0.313 e. The smallest absolute Gasteiger partial charge is 0.313 e. The molecule has 0 spiro atoms. The normalized spacial score (nSPS) is 14.5. The second-order valence-electron chi connectivity index (χ2n) is 6.67. The molecule has 2 amide bonds. The van der Waals surface area contributed by atoms with Crippen LogP contribution in [0.1, 0.15) is 24.8 Å². The van der Waals surface area contributed by atoms with Gasteiger partial charge in [0.1, 0.15) is 12.0 Å². The van der Waals surface area contributed by atoms with E-state index in [-0.39, 0.29) is 6.10 Å². The molecule has 2 N–H and O–H groups in total. The molecule has 146 valence electrons. The second-order valence-corrected chi connectivity index (χ2v) is 7.11. The van der Waals surface area contributed by atoms with Crippen molar-refractivity contribution in [1.82, 2.24) is 5.32 Å². The summed E-state index contributed by atoms with van der Waals surface area (Å²) in [6.45, 7) is 0. The zero-order chi connectivity index (χ0) is 19.9. The van der Waals surface area contributed by atoms with Crippen molar-refractivity contribution in [3.63, 3.8) is 0 Å². The molecule has 1 aliphatic rings. The molecule has 2 aromatic rings. The monoisotopic (exact) mass is 400 g/mol. The number of benzene rings is 2. The number of nitrogens with one attached hydrogen (secondary N) is 2. The van der Waals surface area contributed by atoms with Crippen molar-refractivity contribution in [2.75, 3.05) is 5.32 Å². The Labute approximate surface area is 168 Å². The highest BCUT2D eigenvalue weighted by atomic mass is 35.5. The van der Waals surface area contributed by atoms with E-state index in [1.807, 2.05) is 30.3 Å². The summed E-state index contributed by atoms with van der Waals surface area (Å²) in [5, 5.41) is 5.37. The maximum atomic E-state index is 12.3. The highest BCUT2D eigenvalue weighted by molar-refractivity contribution is 6.40. The summed E-state index contributed by atoms with van der Waals surface area (Å²) in [7, 11) is 0. The number of ether oxygens (including phenoxy) is 1. The fourth-order valence-electron chi connectivity index (χ4n) is 2.79. The Balaban J connectivity index is 1.62. The molecule has 7 heteroatoms. The molecule has 0 heterocycles. The van der Waals surface area contributed by atoms with E-state index < -0.39 is 17.9 Å². The zero-order valence-electron chi connectivity index (χ0n) is 15.2. The number of hydrogen-bond acceptors (Lipinski definition) is 4. The van der Waals surface area contributed by atoms with E-state index in [0.717, 1.165) is 24.8 Å². The third kappa shape index (κ3) is 5.33. The van der Waals surface area contributed by atoms with Gasteiger partial charge < -0.3 is 20.2 Å². The molecule has 1 atom stereocenters. The molecule has 0 radical (unpaired) electrons. The van der Waals surface area contributed by atoms with Gasteiger partial charge in [-0.25, -0.2) is 0 Å². The van der Waals surface area contributed by atoms with Crippen LogP contribution < -0.4 is 15.4 Å². The predicted molar refractivity (Wildman–Crippen MR) is 106 cm³/mol. The van der Waals surface area contributed by atoms with Gasteiger partial charge in [-0.2, -0.15) is 0 Å². The van der Waals surface area contributed by atoms with E-state index in [0.29, 0.717) is 29.2 Å². The Morgan fingerprint density at radius 3 is 2.54 bits per heavy atom. The number of amides is 2. The average Bonchev–Trinajstić information content (AvgIpc) is 2.66. The number of halogens is 1. The lowest BCUT2D eigenvalue weighted by molar-refractivity contribution is -0.137. The van der Waals surface area contributed by atoms with Gasteiger partial charge in [0, 0.05) is 5.02 Å². The third-order valence-electron chi connectivity index (χ3n) is 4.52. The molecule has 1 fully saturated rings. The summed E-state index contributed by atoms with van der Waals surface area (Å²) in [5.41, 5.74) is 1.21. The van der Waals surface area contributed by atoms with Crippen molar-refractivity contribution >= 4 is 35.4 Å². The Kier molecular flexibility index (Phi) is 6.66. The molecule has 0 aliphatic heterocycles. The SMILES string of the molecule is O=CC(Cc1ccccc1)NC(=O)C(=O)Nc1cc(Cl)ccc1OC1CCC1. The average molecular weight is 401 g/mol. The molecule has 2 aromatic carbocycles. The Hall–Kier alpha value is -2.86. The standard InChI is InChI=1S/C21H21ClN2O4/c22-15-9-10-19(28-17-7-4-8-17)18(12-15)24-21(27)20(26)23-16(13-25)11-14-5-2-1-3-6-14/h1-3,5-6,9-10,12-13,16-17H,4,7-8,11H2,(H,23,26)(H,24,27). The summed E-state index contributed by atoms with van der Waals surface area (Å²) >= 11 is 6.01. The van der Waals surface area contributed by atoms with E-state index >= 15 is 0 Å². The first kappa shape index (κ1) is 19.9. The molecule has 1 unspecified atom stereocenters. The van der Waals surface area contributed by atoms with E-state index in [4.69, 9.17) is 16.3 Å². The van der Waals surface area contributed by atoms with E-state index in [2.05, 4.69) is 10.6 Å². The molecule has 28 heavy (non-hydrogen) atoms. The molecule has 6 nitrogen and oxygen atoms in total. The van der Waals surface area contributed by atoms with Crippen LogP contribution in [0.4, 0.5) is 5.69 Å². The molecular formula is C21H21ClN2O4. The van der Waals surface area contributed by atoms with E-state index in [1.165, 1.54) is 6.07 Å². The summed E-state index contributed by atoms with van der Waals surface area (Å²) in [4.78, 5) is 35.8. The van der Waals surface area contributed by atoms with Crippen LogP contribution in [0.5, 0.6) is 5.75 Å². The van der Waals surface area contributed by atoms with Crippen LogP contribution >= 0.6 is 11.6 Å². The number of hydrogen-bond donors (Lipinski definition) is 2. The van der Waals surface area contributed by atoms with Crippen LogP contribution in [0.2, 0.25) is 5.02 Å². The summed E-state index contributed by atoms with van der Waals surface area (Å²) in [6, 6.07) is 13.3. The topological polar surface area (TPSA) is 84.5 Å². The van der Waals surface area contributed by atoms with Crippen LogP contribution in [0.15, 0.2) is 48.5 Å². The Morgan fingerprint density at radius 2 is 1.89 bits per heavy atom. The minimum Gasteiger partial charge on any atom is -0.488 e. The van der Waals surface area contributed by atoms with Gasteiger partial charge in [-0.05, 0) is 49.4 Å². The lowest BCUT2D eigenvalue weighted by Crippen LogP contribution is -2.43. The predicted octanol–water partition coefficient (Wildman–Crippen LogP) is 3.14. The van der Waals surface area contributed by atoms with E-state index in [9.17, 15) is 14.4 Å². The fourth-order valence-corrected chi connectivity index (χ4v) is 2.96. The fraction of sp³-hybridized carbons (Fsp3) is 0.286. The maximum absolute atomic E-state index is 12.3. The van der Waals surface area contributed by atoms with E-state index in [1.54, 1.807) is 12.1 Å². The number of carbonyl (C=O) groups is 3. The van der Waals surface area contributed by atoms with Gasteiger partial charge >= 0.3 is 11.8 Å². The van der Waals surface area contributed by atoms with Gasteiger partial charge in [0.25, 0.3) is 0 Å². The molecule has 0 aromatic heterocycles.